The van der Waals surface area contributed by atoms with Crippen molar-refractivity contribution in [3.8, 4) is 0 Å². The van der Waals surface area contributed by atoms with Crippen molar-refractivity contribution in [1.82, 2.24) is 10.0 Å². The second-order valence-corrected chi connectivity index (χ2v) is 5.45. The standard InChI is InChI=1S/C11H18N2O2S/c1-4-13-9(2)10-6-5-7-11(8-10)16(14,15)12-3/h5-9,12-13H,4H2,1-3H3. The van der Waals surface area contributed by atoms with Crippen LogP contribution in [-0.4, -0.2) is 22.0 Å². The first kappa shape index (κ1) is 13.2. The van der Waals surface area contributed by atoms with Crippen LogP contribution in [0.15, 0.2) is 29.2 Å². The molecule has 1 aromatic rings. The third-order valence-corrected chi connectivity index (χ3v) is 3.86. The smallest absolute Gasteiger partial charge is 0.240 e. The molecule has 1 aromatic carbocycles. The Balaban J connectivity index is 3.05. The summed E-state index contributed by atoms with van der Waals surface area (Å²) in [5, 5.41) is 3.24. The van der Waals surface area contributed by atoms with Crippen LogP contribution in [0.4, 0.5) is 0 Å². The summed E-state index contributed by atoms with van der Waals surface area (Å²) in [6.07, 6.45) is 0. The van der Waals surface area contributed by atoms with E-state index in [-0.39, 0.29) is 6.04 Å². The van der Waals surface area contributed by atoms with E-state index in [2.05, 4.69) is 10.0 Å². The van der Waals surface area contributed by atoms with Gasteiger partial charge in [-0.25, -0.2) is 13.1 Å². The summed E-state index contributed by atoms with van der Waals surface area (Å²) in [5.74, 6) is 0. The topological polar surface area (TPSA) is 58.2 Å². The lowest BCUT2D eigenvalue weighted by atomic mass is 10.1. The van der Waals surface area contributed by atoms with Crippen molar-refractivity contribution in [2.45, 2.75) is 24.8 Å². The van der Waals surface area contributed by atoms with E-state index in [0.717, 1.165) is 12.1 Å². The number of hydrogen-bond donors (Lipinski definition) is 2. The summed E-state index contributed by atoms with van der Waals surface area (Å²) in [7, 11) is -1.93. The van der Waals surface area contributed by atoms with E-state index in [1.807, 2.05) is 19.9 Å². The van der Waals surface area contributed by atoms with E-state index in [0.29, 0.717) is 4.90 Å². The lowest BCUT2D eigenvalue weighted by Gasteiger charge is -2.13. The van der Waals surface area contributed by atoms with Gasteiger partial charge in [-0.15, -0.1) is 0 Å². The molecule has 5 heteroatoms. The Kier molecular flexibility index (Phi) is 4.46. The van der Waals surface area contributed by atoms with Crippen LogP contribution in [0, 0.1) is 0 Å². The first-order valence-corrected chi connectivity index (χ1v) is 6.76. The van der Waals surface area contributed by atoms with Crippen molar-refractivity contribution in [2.24, 2.45) is 0 Å². The fourth-order valence-corrected chi connectivity index (χ4v) is 2.28. The number of sulfonamides is 1. The molecule has 0 saturated heterocycles. The summed E-state index contributed by atoms with van der Waals surface area (Å²) in [6, 6.07) is 7.11. The quantitative estimate of drug-likeness (QED) is 0.817. The number of hydrogen-bond acceptors (Lipinski definition) is 3. The number of rotatable bonds is 5. The molecule has 1 rings (SSSR count). The predicted molar refractivity (Wildman–Crippen MR) is 64.8 cm³/mol. The molecule has 0 aliphatic rings. The largest absolute Gasteiger partial charge is 0.310 e. The Labute approximate surface area is 97.1 Å². The Bertz CT molecular complexity index is 443. The molecule has 1 unspecified atom stereocenters. The number of nitrogens with one attached hydrogen (secondary N) is 2. The highest BCUT2D eigenvalue weighted by molar-refractivity contribution is 7.89. The van der Waals surface area contributed by atoms with E-state index in [1.165, 1.54) is 7.05 Å². The molecule has 4 nitrogen and oxygen atoms in total. The predicted octanol–water partition coefficient (Wildman–Crippen LogP) is 1.27. The van der Waals surface area contributed by atoms with Gasteiger partial charge in [-0.2, -0.15) is 0 Å². The molecule has 0 saturated carbocycles. The molecule has 0 amide bonds. The van der Waals surface area contributed by atoms with E-state index in [4.69, 9.17) is 0 Å². The van der Waals surface area contributed by atoms with Crippen LogP contribution in [0.25, 0.3) is 0 Å². The van der Waals surface area contributed by atoms with Gasteiger partial charge in [0.05, 0.1) is 4.90 Å². The molecule has 0 bridgehead atoms. The molecule has 0 aliphatic heterocycles. The maximum absolute atomic E-state index is 11.6. The van der Waals surface area contributed by atoms with E-state index in [9.17, 15) is 8.42 Å². The van der Waals surface area contributed by atoms with Gasteiger partial charge in [-0.3, -0.25) is 0 Å². The maximum atomic E-state index is 11.6. The zero-order valence-electron chi connectivity index (χ0n) is 9.82. The number of benzene rings is 1. The Hall–Kier alpha value is -0.910. The Morgan fingerprint density at radius 3 is 2.62 bits per heavy atom. The van der Waals surface area contributed by atoms with Gasteiger partial charge in [-0.05, 0) is 38.2 Å². The third kappa shape index (κ3) is 3.04. The van der Waals surface area contributed by atoms with Gasteiger partial charge in [-0.1, -0.05) is 19.1 Å². The minimum absolute atomic E-state index is 0.150. The van der Waals surface area contributed by atoms with E-state index in [1.54, 1.807) is 18.2 Å². The van der Waals surface area contributed by atoms with E-state index < -0.39 is 10.0 Å². The molecule has 0 aliphatic carbocycles. The molecule has 1 atom stereocenters. The van der Waals surface area contributed by atoms with Crippen molar-refractivity contribution >= 4 is 10.0 Å². The van der Waals surface area contributed by atoms with Crippen molar-refractivity contribution in [1.29, 1.82) is 0 Å². The summed E-state index contributed by atoms with van der Waals surface area (Å²) >= 11 is 0. The van der Waals surface area contributed by atoms with Crippen LogP contribution >= 0.6 is 0 Å². The monoisotopic (exact) mass is 242 g/mol. The summed E-state index contributed by atoms with van der Waals surface area (Å²) in [6.45, 7) is 4.88. The summed E-state index contributed by atoms with van der Waals surface area (Å²) < 4.78 is 25.5. The minimum Gasteiger partial charge on any atom is -0.310 e. The molecule has 0 radical (unpaired) electrons. The van der Waals surface area contributed by atoms with Gasteiger partial charge in [0.25, 0.3) is 0 Å². The minimum atomic E-state index is -3.35. The molecular formula is C11H18N2O2S. The van der Waals surface area contributed by atoms with Crippen LogP contribution in [0.3, 0.4) is 0 Å². The van der Waals surface area contributed by atoms with Gasteiger partial charge >= 0.3 is 0 Å². The molecule has 16 heavy (non-hydrogen) atoms. The molecule has 90 valence electrons. The van der Waals surface area contributed by atoms with Crippen LogP contribution in [-0.2, 0) is 10.0 Å². The van der Waals surface area contributed by atoms with Crippen molar-refractivity contribution in [3.05, 3.63) is 29.8 Å². The van der Waals surface area contributed by atoms with Crippen LogP contribution in [0.5, 0.6) is 0 Å². The molecule has 2 N–H and O–H groups in total. The van der Waals surface area contributed by atoms with Crippen LogP contribution in [0.1, 0.15) is 25.5 Å². The van der Waals surface area contributed by atoms with Crippen molar-refractivity contribution in [2.75, 3.05) is 13.6 Å². The lowest BCUT2D eigenvalue weighted by Crippen LogP contribution is -2.20. The summed E-state index contributed by atoms with van der Waals surface area (Å²) in [4.78, 5) is 0.303. The van der Waals surface area contributed by atoms with Gasteiger partial charge in [0.1, 0.15) is 0 Å². The highest BCUT2D eigenvalue weighted by Gasteiger charge is 2.13. The highest BCUT2D eigenvalue weighted by Crippen LogP contribution is 2.16. The summed E-state index contributed by atoms with van der Waals surface area (Å²) in [5.41, 5.74) is 0.971. The molecule has 0 spiro atoms. The third-order valence-electron chi connectivity index (χ3n) is 2.45. The van der Waals surface area contributed by atoms with E-state index >= 15 is 0 Å². The zero-order chi connectivity index (χ0) is 12.2. The molecule has 0 aromatic heterocycles. The van der Waals surface area contributed by atoms with Crippen molar-refractivity contribution in [3.63, 3.8) is 0 Å². The van der Waals surface area contributed by atoms with Crippen LogP contribution < -0.4 is 10.0 Å². The average molecular weight is 242 g/mol. The second-order valence-electron chi connectivity index (χ2n) is 3.56. The zero-order valence-corrected chi connectivity index (χ0v) is 10.6. The highest BCUT2D eigenvalue weighted by atomic mass is 32.2. The first-order valence-electron chi connectivity index (χ1n) is 5.28. The maximum Gasteiger partial charge on any atom is 0.240 e. The van der Waals surface area contributed by atoms with Gasteiger partial charge in [0.2, 0.25) is 10.0 Å². The Morgan fingerprint density at radius 2 is 2.06 bits per heavy atom. The fourth-order valence-electron chi connectivity index (χ4n) is 1.49. The van der Waals surface area contributed by atoms with Crippen LogP contribution in [0.2, 0.25) is 0 Å². The van der Waals surface area contributed by atoms with Gasteiger partial charge in [0.15, 0.2) is 0 Å². The normalized spacial score (nSPS) is 13.7. The van der Waals surface area contributed by atoms with Gasteiger partial charge < -0.3 is 5.32 Å². The van der Waals surface area contributed by atoms with Gasteiger partial charge in [0, 0.05) is 6.04 Å². The lowest BCUT2D eigenvalue weighted by molar-refractivity contribution is 0.584. The second kappa shape index (κ2) is 5.43. The fraction of sp³-hybridized carbons (Fsp3) is 0.455. The first-order chi connectivity index (χ1) is 7.51. The molecule has 0 fully saturated rings. The molecular weight excluding hydrogens is 224 g/mol. The van der Waals surface area contributed by atoms with Crippen molar-refractivity contribution < 1.29 is 8.42 Å². The molecule has 0 heterocycles. The SMILES string of the molecule is CCNC(C)c1cccc(S(=O)(=O)NC)c1. The Morgan fingerprint density at radius 1 is 1.38 bits per heavy atom. The average Bonchev–Trinajstić information content (AvgIpc) is 2.29.